The van der Waals surface area contributed by atoms with Gasteiger partial charge >= 0.3 is 0 Å². The lowest BCUT2D eigenvalue weighted by atomic mass is 10.1. The molecule has 0 aliphatic heterocycles. The zero-order chi connectivity index (χ0) is 19.1. The molecule has 140 valence electrons. The smallest absolute Gasteiger partial charge is 0.241 e. The van der Waals surface area contributed by atoms with Crippen LogP contribution < -0.4 is 4.72 Å². The third kappa shape index (κ3) is 2.90. The number of hydrogen-bond acceptors (Lipinski definition) is 5. The summed E-state index contributed by atoms with van der Waals surface area (Å²) in [4.78, 5) is 4.47. The number of hydrogen-bond donors (Lipinski definition) is 2. The molecule has 2 N–H and O–H groups in total. The lowest BCUT2D eigenvalue weighted by Gasteiger charge is -2.22. The van der Waals surface area contributed by atoms with E-state index in [1.807, 2.05) is 30.3 Å². The van der Waals surface area contributed by atoms with Crippen molar-refractivity contribution in [3.8, 4) is 0 Å². The minimum atomic E-state index is -3.68. The van der Waals surface area contributed by atoms with Crippen LogP contribution in [0.3, 0.4) is 0 Å². The average molecular weight is 409 g/mol. The molecule has 0 amide bonds. The van der Waals surface area contributed by atoms with E-state index in [1.54, 1.807) is 30.3 Å². The Morgan fingerprint density at radius 3 is 2.39 bits per heavy atom. The number of aromatic amines is 1. The van der Waals surface area contributed by atoms with Gasteiger partial charge in [0.25, 0.3) is 0 Å². The highest BCUT2D eigenvalue weighted by atomic mass is 32.2. The van der Waals surface area contributed by atoms with Gasteiger partial charge in [-0.2, -0.15) is 5.10 Å². The molecule has 5 rings (SSSR count). The number of aromatic nitrogens is 3. The summed E-state index contributed by atoms with van der Waals surface area (Å²) in [5.74, 6) is 0. The first-order valence-corrected chi connectivity index (χ1v) is 11.1. The van der Waals surface area contributed by atoms with Crippen molar-refractivity contribution in [1.82, 2.24) is 19.9 Å². The second-order valence-electron chi connectivity index (χ2n) is 6.53. The lowest BCUT2D eigenvalue weighted by molar-refractivity contribution is 0.557. The van der Waals surface area contributed by atoms with E-state index in [1.165, 1.54) is 18.1 Å². The van der Waals surface area contributed by atoms with Gasteiger partial charge in [-0.25, -0.2) is 18.1 Å². The summed E-state index contributed by atoms with van der Waals surface area (Å²) >= 11 is 1.48. The van der Waals surface area contributed by atoms with Crippen molar-refractivity contribution in [3.05, 3.63) is 84.2 Å². The summed E-state index contributed by atoms with van der Waals surface area (Å²) in [7, 11) is -3.68. The number of rotatable bonds is 5. The van der Waals surface area contributed by atoms with Gasteiger partial charge in [-0.3, -0.25) is 5.10 Å². The Morgan fingerprint density at radius 1 is 0.929 bits per heavy atom. The van der Waals surface area contributed by atoms with Crippen LogP contribution in [-0.2, 0) is 10.0 Å². The Morgan fingerprint density at radius 2 is 1.68 bits per heavy atom. The van der Waals surface area contributed by atoms with Gasteiger partial charge in [0.05, 0.1) is 16.2 Å². The normalized spacial score (nSPS) is 18.6. The third-order valence-corrected chi connectivity index (χ3v) is 7.54. The molecule has 0 saturated carbocycles. The molecule has 0 unspecified atom stereocenters. The van der Waals surface area contributed by atoms with Crippen LogP contribution in [0.5, 0.6) is 0 Å². The number of nitrogens with one attached hydrogen (secondary N) is 2. The molecule has 1 aliphatic carbocycles. The zero-order valence-electron chi connectivity index (χ0n) is 14.6. The third-order valence-electron chi connectivity index (χ3n) is 4.88. The molecule has 1 heterocycles. The van der Waals surface area contributed by atoms with Crippen LogP contribution >= 0.6 is 11.8 Å². The van der Waals surface area contributed by atoms with Gasteiger partial charge in [0.2, 0.25) is 10.0 Å². The largest absolute Gasteiger partial charge is 0.254 e. The molecule has 0 radical (unpaired) electrons. The summed E-state index contributed by atoms with van der Waals surface area (Å²) < 4.78 is 29.0. The number of nitrogens with zero attached hydrogens (tertiary/aromatic N) is 2. The second kappa shape index (κ2) is 6.73. The molecule has 0 fully saturated rings. The molecular weight excluding hydrogens is 392 g/mol. The highest BCUT2D eigenvalue weighted by molar-refractivity contribution is 7.99. The van der Waals surface area contributed by atoms with Crippen molar-refractivity contribution in [3.63, 3.8) is 0 Å². The fraction of sp³-hybridized carbons (Fsp3) is 0.100. The molecular formula is C20H16N4O2S2. The van der Waals surface area contributed by atoms with Gasteiger partial charge in [0, 0.05) is 0 Å². The summed E-state index contributed by atoms with van der Waals surface area (Å²) in [6.07, 6.45) is 1.45. The molecule has 2 atom stereocenters. The molecule has 8 heteroatoms. The predicted octanol–water partition coefficient (Wildman–Crippen LogP) is 3.82. The summed E-state index contributed by atoms with van der Waals surface area (Å²) in [6, 6.07) is 20.1. The predicted molar refractivity (Wildman–Crippen MR) is 108 cm³/mol. The minimum absolute atomic E-state index is 0.160. The SMILES string of the molecule is O=S(=O)(N[C@@H]1c2cccc3cccc(c23)[C@@H]1Sc1ncn[nH]1)c1ccccc1. The van der Waals surface area contributed by atoms with E-state index in [9.17, 15) is 8.42 Å². The molecule has 0 saturated heterocycles. The van der Waals surface area contributed by atoms with Gasteiger partial charge in [-0.1, -0.05) is 66.4 Å². The van der Waals surface area contributed by atoms with Crippen molar-refractivity contribution in [2.45, 2.75) is 21.3 Å². The highest BCUT2D eigenvalue weighted by Gasteiger charge is 2.38. The first-order chi connectivity index (χ1) is 13.6. The quantitative estimate of drug-likeness (QED) is 0.524. The van der Waals surface area contributed by atoms with Crippen LogP contribution in [-0.4, -0.2) is 23.6 Å². The van der Waals surface area contributed by atoms with Crippen molar-refractivity contribution in [2.24, 2.45) is 0 Å². The summed E-state index contributed by atoms with van der Waals surface area (Å²) in [5.41, 5.74) is 2.07. The van der Waals surface area contributed by atoms with Gasteiger partial charge in [0.1, 0.15) is 6.33 Å². The van der Waals surface area contributed by atoms with Crippen molar-refractivity contribution >= 4 is 32.6 Å². The van der Waals surface area contributed by atoms with Crippen LogP contribution in [0.15, 0.2) is 83.1 Å². The molecule has 1 aromatic heterocycles. The minimum Gasteiger partial charge on any atom is -0.254 e. The van der Waals surface area contributed by atoms with Crippen LogP contribution in [0.1, 0.15) is 22.4 Å². The van der Waals surface area contributed by atoms with E-state index < -0.39 is 16.1 Å². The Kier molecular flexibility index (Phi) is 4.19. The maximum atomic E-state index is 13.1. The van der Waals surface area contributed by atoms with Gasteiger partial charge in [-0.15, -0.1) is 0 Å². The monoisotopic (exact) mass is 408 g/mol. The Bertz CT molecular complexity index is 1240. The van der Waals surface area contributed by atoms with Crippen LogP contribution in [0.4, 0.5) is 0 Å². The zero-order valence-corrected chi connectivity index (χ0v) is 16.2. The van der Waals surface area contributed by atoms with Crippen LogP contribution in [0.25, 0.3) is 10.8 Å². The number of H-pyrrole nitrogens is 1. The van der Waals surface area contributed by atoms with Gasteiger partial charge in [0.15, 0.2) is 5.16 Å². The van der Waals surface area contributed by atoms with Crippen molar-refractivity contribution < 1.29 is 8.42 Å². The Hall–Kier alpha value is -2.68. The molecule has 6 nitrogen and oxygen atoms in total. The molecule has 4 aromatic rings. The van der Waals surface area contributed by atoms with E-state index in [-0.39, 0.29) is 10.1 Å². The summed E-state index contributed by atoms with van der Waals surface area (Å²) in [5, 5.41) is 9.47. The van der Waals surface area contributed by atoms with E-state index >= 15 is 0 Å². The Labute approximate surface area is 166 Å². The van der Waals surface area contributed by atoms with E-state index in [0.29, 0.717) is 5.16 Å². The fourth-order valence-corrected chi connectivity index (χ4v) is 6.16. The van der Waals surface area contributed by atoms with E-state index in [2.05, 4.69) is 26.0 Å². The van der Waals surface area contributed by atoms with Crippen molar-refractivity contribution in [1.29, 1.82) is 0 Å². The fourth-order valence-electron chi connectivity index (χ4n) is 3.70. The molecule has 1 aliphatic rings. The van der Waals surface area contributed by atoms with Crippen molar-refractivity contribution in [2.75, 3.05) is 0 Å². The number of benzene rings is 3. The molecule has 3 aromatic carbocycles. The van der Waals surface area contributed by atoms with Gasteiger partial charge in [-0.05, 0) is 34.0 Å². The van der Waals surface area contributed by atoms with E-state index in [0.717, 1.165) is 21.9 Å². The number of thioether (sulfide) groups is 1. The number of sulfonamides is 1. The summed E-state index contributed by atoms with van der Waals surface area (Å²) in [6.45, 7) is 0. The highest BCUT2D eigenvalue weighted by Crippen LogP contribution is 2.52. The van der Waals surface area contributed by atoms with E-state index in [4.69, 9.17) is 0 Å². The van der Waals surface area contributed by atoms with Gasteiger partial charge < -0.3 is 0 Å². The first kappa shape index (κ1) is 17.4. The standard InChI is InChI=1S/C20H16N4O2S2/c25-28(26,14-8-2-1-3-9-14)24-18-15-10-4-6-13-7-5-11-16(17(13)15)19(18)27-20-21-12-22-23-20/h1-12,18-19,24H,(H,21,22,23)/t18-,19+/m1/s1. The maximum Gasteiger partial charge on any atom is 0.241 e. The molecule has 28 heavy (non-hydrogen) atoms. The van der Waals surface area contributed by atoms with Crippen LogP contribution in [0.2, 0.25) is 0 Å². The first-order valence-electron chi connectivity index (χ1n) is 8.74. The average Bonchev–Trinajstić information content (AvgIpc) is 3.33. The molecule has 0 bridgehead atoms. The Balaban J connectivity index is 1.61. The maximum absolute atomic E-state index is 13.1. The topological polar surface area (TPSA) is 87.7 Å². The second-order valence-corrected chi connectivity index (χ2v) is 9.38. The molecule has 0 spiro atoms. The van der Waals surface area contributed by atoms with Crippen LogP contribution in [0, 0.1) is 0 Å². The lowest BCUT2D eigenvalue weighted by Crippen LogP contribution is -2.30.